The van der Waals surface area contributed by atoms with E-state index in [1.165, 1.54) is 0 Å². The van der Waals surface area contributed by atoms with Crippen LogP contribution >= 0.6 is 0 Å². The van der Waals surface area contributed by atoms with E-state index in [9.17, 15) is 4.79 Å². The van der Waals surface area contributed by atoms with Gasteiger partial charge in [0.15, 0.2) is 0 Å². The van der Waals surface area contributed by atoms with Gasteiger partial charge in [0.05, 0.1) is 0 Å². The molecule has 0 aliphatic heterocycles. The molecule has 0 saturated heterocycles. The molecule has 1 rings (SSSR count). The Hall–Kier alpha value is -0.850. The van der Waals surface area contributed by atoms with Gasteiger partial charge in [0.1, 0.15) is 5.78 Å². The third-order valence-electron chi connectivity index (χ3n) is 1.89. The van der Waals surface area contributed by atoms with Gasteiger partial charge in [0, 0.05) is 12.3 Å². The Morgan fingerprint density at radius 3 is 2.91 bits per heavy atom. The number of ketones is 1. The monoisotopic (exact) mass is 150 g/mol. The molecule has 1 atom stereocenters. The maximum Gasteiger partial charge on any atom is 0.140 e. The molecular weight excluding hydrogens is 136 g/mol. The van der Waals surface area contributed by atoms with Crippen LogP contribution < -0.4 is 0 Å². The molecule has 11 heavy (non-hydrogen) atoms. The van der Waals surface area contributed by atoms with Gasteiger partial charge >= 0.3 is 0 Å². The van der Waals surface area contributed by atoms with Gasteiger partial charge in [0.25, 0.3) is 0 Å². The van der Waals surface area contributed by atoms with Gasteiger partial charge in [-0.3, -0.25) is 4.79 Å². The summed E-state index contributed by atoms with van der Waals surface area (Å²) in [6, 6.07) is 0. The third-order valence-corrected chi connectivity index (χ3v) is 1.89. The van der Waals surface area contributed by atoms with Crippen molar-refractivity contribution in [1.82, 2.24) is 0 Å². The van der Waals surface area contributed by atoms with E-state index in [0.29, 0.717) is 5.78 Å². The molecule has 0 amide bonds. The fourth-order valence-electron chi connectivity index (χ4n) is 1.25. The van der Waals surface area contributed by atoms with E-state index in [4.69, 9.17) is 0 Å². The molecule has 0 bridgehead atoms. The van der Waals surface area contributed by atoms with E-state index in [0.717, 1.165) is 19.3 Å². The zero-order chi connectivity index (χ0) is 8.10. The lowest BCUT2D eigenvalue weighted by atomic mass is 9.94. The minimum Gasteiger partial charge on any atom is -0.299 e. The highest BCUT2D eigenvalue weighted by Gasteiger charge is 2.13. The van der Waals surface area contributed by atoms with Crippen molar-refractivity contribution in [2.24, 2.45) is 5.92 Å². The minimum atomic E-state index is 0.167. The van der Waals surface area contributed by atoms with E-state index in [-0.39, 0.29) is 5.92 Å². The van der Waals surface area contributed by atoms with Crippen molar-refractivity contribution >= 4 is 5.78 Å². The molecule has 0 aromatic carbocycles. The molecule has 1 aliphatic carbocycles. The van der Waals surface area contributed by atoms with Crippen LogP contribution in [0.1, 0.15) is 26.2 Å². The Kier molecular flexibility index (Phi) is 3.09. The quantitative estimate of drug-likeness (QED) is 0.604. The van der Waals surface area contributed by atoms with Crippen LogP contribution in [0.5, 0.6) is 0 Å². The molecule has 0 heterocycles. The third kappa shape index (κ3) is 2.34. The van der Waals surface area contributed by atoms with Gasteiger partial charge in [-0.05, 0) is 12.8 Å². The highest BCUT2D eigenvalue weighted by Crippen LogP contribution is 2.14. The lowest BCUT2D eigenvalue weighted by Gasteiger charge is -2.10. The highest BCUT2D eigenvalue weighted by atomic mass is 16.1. The molecule has 0 saturated carbocycles. The van der Waals surface area contributed by atoms with E-state index in [1.807, 2.05) is 25.2 Å². The summed E-state index contributed by atoms with van der Waals surface area (Å²) in [7, 11) is 0. The molecule has 0 N–H and O–H groups in total. The lowest BCUT2D eigenvalue weighted by molar-refractivity contribution is -0.121. The maximum atomic E-state index is 11.3. The standard InChI is InChI=1S/C10H14O/c1-2-6-10(11)9-7-4-3-5-8-9/h3-5,7,9H,2,6,8H2,1H3. The van der Waals surface area contributed by atoms with Crippen molar-refractivity contribution in [2.75, 3.05) is 0 Å². The van der Waals surface area contributed by atoms with Crippen molar-refractivity contribution in [3.05, 3.63) is 24.3 Å². The number of carbonyl (C=O) groups is 1. The first-order chi connectivity index (χ1) is 5.34. The van der Waals surface area contributed by atoms with Gasteiger partial charge in [0.2, 0.25) is 0 Å². The van der Waals surface area contributed by atoms with E-state index >= 15 is 0 Å². The van der Waals surface area contributed by atoms with Crippen LogP contribution in [0.3, 0.4) is 0 Å². The Bertz CT molecular complexity index is 189. The van der Waals surface area contributed by atoms with Crippen LogP contribution in [0.25, 0.3) is 0 Å². The second-order valence-electron chi connectivity index (χ2n) is 2.87. The highest BCUT2D eigenvalue weighted by molar-refractivity contribution is 5.83. The fourth-order valence-corrected chi connectivity index (χ4v) is 1.25. The summed E-state index contributed by atoms with van der Waals surface area (Å²) in [5.41, 5.74) is 0. The fraction of sp³-hybridized carbons (Fsp3) is 0.500. The molecule has 0 radical (unpaired) electrons. The largest absolute Gasteiger partial charge is 0.299 e. The molecule has 1 unspecified atom stereocenters. The predicted molar refractivity (Wildman–Crippen MR) is 46.3 cm³/mol. The Morgan fingerprint density at radius 2 is 2.36 bits per heavy atom. The first kappa shape index (κ1) is 8.25. The summed E-state index contributed by atoms with van der Waals surface area (Å²) in [5, 5.41) is 0. The van der Waals surface area contributed by atoms with Crippen LogP contribution in [0.4, 0.5) is 0 Å². The van der Waals surface area contributed by atoms with E-state index in [2.05, 4.69) is 6.08 Å². The molecule has 0 spiro atoms. The Morgan fingerprint density at radius 1 is 1.55 bits per heavy atom. The van der Waals surface area contributed by atoms with Crippen LogP contribution in [0, 0.1) is 5.92 Å². The van der Waals surface area contributed by atoms with Crippen LogP contribution in [-0.2, 0) is 4.79 Å². The molecule has 1 aliphatic rings. The zero-order valence-corrected chi connectivity index (χ0v) is 6.92. The zero-order valence-electron chi connectivity index (χ0n) is 6.92. The summed E-state index contributed by atoms with van der Waals surface area (Å²) in [4.78, 5) is 11.3. The topological polar surface area (TPSA) is 17.1 Å². The average molecular weight is 150 g/mol. The Balaban J connectivity index is 2.42. The second kappa shape index (κ2) is 4.12. The summed E-state index contributed by atoms with van der Waals surface area (Å²) >= 11 is 0. The molecule has 0 aromatic rings. The van der Waals surface area contributed by atoms with Gasteiger partial charge in [-0.15, -0.1) is 0 Å². The molecular formula is C10H14O. The van der Waals surface area contributed by atoms with Crippen LogP contribution in [-0.4, -0.2) is 5.78 Å². The van der Waals surface area contributed by atoms with Gasteiger partial charge in [-0.2, -0.15) is 0 Å². The summed E-state index contributed by atoms with van der Waals surface area (Å²) < 4.78 is 0. The van der Waals surface area contributed by atoms with Crippen molar-refractivity contribution in [3.63, 3.8) is 0 Å². The smallest absolute Gasteiger partial charge is 0.140 e. The average Bonchev–Trinajstić information content (AvgIpc) is 2.07. The minimum absolute atomic E-state index is 0.167. The Labute approximate surface area is 67.8 Å². The van der Waals surface area contributed by atoms with Crippen LogP contribution in [0.15, 0.2) is 24.3 Å². The number of Topliss-reactive ketones (excluding diaryl/α,β-unsaturated/α-hetero) is 1. The number of hydrogen-bond acceptors (Lipinski definition) is 1. The van der Waals surface area contributed by atoms with Gasteiger partial charge in [-0.1, -0.05) is 31.2 Å². The molecule has 1 heteroatoms. The van der Waals surface area contributed by atoms with Gasteiger partial charge < -0.3 is 0 Å². The second-order valence-corrected chi connectivity index (χ2v) is 2.87. The van der Waals surface area contributed by atoms with E-state index < -0.39 is 0 Å². The number of carbonyl (C=O) groups excluding carboxylic acids is 1. The first-order valence-electron chi connectivity index (χ1n) is 4.20. The van der Waals surface area contributed by atoms with Crippen molar-refractivity contribution in [1.29, 1.82) is 0 Å². The predicted octanol–water partition coefficient (Wildman–Crippen LogP) is 2.49. The van der Waals surface area contributed by atoms with E-state index in [1.54, 1.807) is 0 Å². The summed E-state index contributed by atoms with van der Waals surface area (Å²) in [6.07, 6.45) is 10.6. The lowest BCUT2D eigenvalue weighted by Crippen LogP contribution is -2.11. The summed E-state index contributed by atoms with van der Waals surface area (Å²) in [5.74, 6) is 0.549. The first-order valence-corrected chi connectivity index (χ1v) is 4.20. The van der Waals surface area contributed by atoms with Crippen LogP contribution in [0.2, 0.25) is 0 Å². The summed E-state index contributed by atoms with van der Waals surface area (Å²) in [6.45, 7) is 2.04. The molecule has 0 fully saturated rings. The number of allylic oxidation sites excluding steroid dienone is 4. The number of rotatable bonds is 3. The SMILES string of the molecule is CCCC(=O)C1C=CC=CC1. The maximum absolute atomic E-state index is 11.3. The van der Waals surface area contributed by atoms with Gasteiger partial charge in [-0.25, -0.2) is 0 Å². The molecule has 0 aromatic heterocycles. The normalized spacial score (nSPS) is 22.1. The van der Waals surface area contributed by atoms with Crippen molar-refractivity contribution < 1.29 is 4.79 Å². The molecule has 60 valence electrons. The molecule has 1 nitrogen and oxygen atoms in total. The number of hydrogen-bond donors (Lipinski definition) is 0. The van der Waals surface area contributed by atoms with Crippen molar-refractivity contribution in [2.45, 2.75) is 26.2 Å². The van der Waals surface area contributed by atoms with Crippen molar-refractivity contribution in [3.8, 4) is 0 Å².